The van der Waals surface area contributed by atoms with Crippen LogP contribution in [-0.4, -0.2) is 21.3 Å². The predicted molar refractivity (Wildman–Crippen MR) is 128 cm³/mol. The number of nitrogens with zero attached hydrogens (tertiary/aromatic N) is 2. The van der Waals surface area contributed by atoms with E-state index in [-0.39, 0.29) is 22.6 Å². The first-order valence-corrected chi connectivity index (χ1v) is 11.2. The minimum atomic E-state index is -1.13. The maximum absolute atomic E-state index is 11.9. The normalized spacial score (nSPS) is 11.4. The molecule has 0 aliphatic rings. The fraction of sp³-hybridized carbons (Fsp3) is 0.0417. The van der Waals surface area contributed by atoms with E-state index in [4.69, 9.17) is 32.4 Å². The average Bonchev–Trinajstić information content (AvgIpc) is 3.28. The van der Waals surface area contributed by atoms with Crippen molar-refractivity contribution < 1.29 is 19.1 Å². The molecule has 0 saturated heterocycles. The molecule has 166 valence electrons. The van der Waals surface area contributed by atoms with Gasteiger partial charge in [-0.15, -0.1) is 10.2 Å². The van der Waals surface area contributed by atoms with E-state index in [0.29, 0.717) is 26.9 Å². The number of hydrogen-bond donors (Lipinski definition) is 1. The van der Waals surface area contributed by atoms with Crippen LogP contribution in [0.15, 0.2) is 87.3 Å². The van der Waals surface area contributed by atoms with Crippen molar-refractivity contribution in [3.63, 3.8) is 0 Å². The van der Waals surface area contributed by atoms with Gasteiger partial charge in [-0.05, 0) is 54.2 Å². The van der Waals surface area contributed by atoms with Crippen LogP contribution >= 0.6 is 35.0 Å². The third-order valence-electron chi connectivity index (χ3n) is 4.45. The summed E-state index contributed by atoms with van der Waals surface area (Å²) in [5, 5.41) is 19.0. The van der Waals surface area contributed by atoms with E-state index in [0.717, 1.165) is 17.3 Å². The molecule has 0 bridgehead atoms. The number of ether oxygens (including phenoxy) is 1. The van der Waals surface area contributed by atoms with Gasteiger partial charge in [-0.2, -0.15) is 0 Å². The van der Waals surface area contributed by atoms with Crippen LogP contribution in [0.5, 0.6) is 5.75 Å². The van der Waals surface area contributed by atoms with Gasteiger partial charge in [0.1, 0.15) is 17.3 Å². The number of hydrogen-bond acceptors (Lipinski definition) is 6. The highest BCUT2D eigenvalue weighted by atomic mass is 35.5. The SMILES string of the molecule is O=C(O)/C(=C/c1ccccc1OCc1ccccc1Cl)Sc1nnc(-c2ccc(Cl)cc2)o1. The van der Waals surface area contributed by atoms with Crippen molar-refractivity contribution in [2.75, 3.05) is 0 Å². The molecule has 0 saturated carbocycles. The van der Waals surface area contributed by atoms with Gasteiger partial charge in [0.05, 0.1) is 0 Å². The third kappa shape index (κ3) is 5.96. The Kier molecular flexibility index (Phi) is 7.34. The summed E-state index contributed by atoms with van der Waals surface area (Å²) in [5.41, 5.74) is 2.09. The van der Waals surface area contributed by atoms with E-state index in [1.165, 1.54) is 6.08 Å². The summed E-state index contributed by atoms with van der Waals surface area (Å²) in [4.78, 5) is 11.9. The van der Waals surface area contributed by atoms with Crippen LogP contribution in [0.25, 0.3) is 17.5 Å². The Hall–Kier alpha value is -3.26. The topological polar surface area (TPSA) is 85.5 Å². The van der Waals surface area contributed by atoms with E-state index >= 15 is 0 Å². The second-order valence-electron chi connectivity index (χ2n) is 6.71. The molecule has 4 rings (SSSR count). The Labute approximate surface area is 203 Å². The van der Waals surface area contributed by atoms with Crippen molar-refractivity contribution >= 4 is 47.0 Å². The highest BCUT2D eigenvalue weighted by molar-refractivity contribution is 8.03. The molecule has 0 aliphatic carbocycles. The summed E-state index contributed by atoms with van der Waals surface area (Å²) in [5.74, 6) is -0.348. The zero-order valence-electron chi connectivity index (χ0n) is 16.9. The largest absolute Gasteiger partial charge is 0.488 e. The fourth-order valence-electron chi connectivity index (χ4n) is 2.83. The van der Waals surface area contributed by atoms with E-state index in [1.807, 2.05) is 24.3 Å². The maximum Gasteiger partial charge on any atom is 0.342 e. The first kappa shape index (κ1) is 22.9. The molecular weight excluding hydrogens is 483 g/mol. The predicted octanol–water partition coefficient (Wildman–Crippen LogP) is 6.84. The Morgan fingerprint density at radius 1 is 1.00 bits per heavy atom. The van der Waals surface area contributed by atoms with Crippen LogP contribution in [0.4, 0.5) is 0 Å². The lowest BCUT2D eigenvalue weighted by molar-refractivity contribution is -0.131. The highest BCUT2D eigenvalue weighted by Gasteiger charge is 2.17. The molecule has 33 heavy (non-hydrogen) atoms. The second-order valence-corrected chi connectivity index (χ2v) is 8.55. The molecule has 1 aromatic heterocycles. The van der Waals surface area contributed by atoms with Gasteiger partial charge in [0.25, 0.3) is 5.22 Å². The van der Waals surface area contributed by atoms with Crippen molar-refractivity contribution in [3.8, 4) is 17.2 Å². The number of carbonyl (C=O) groups is 1. The average molecular weight is 499 g/mol. The quantitative estimate of drug-likeness (QED) is 0.210. The van der Waals surface area contributed by atoms with Crippen molar-refractivity contribution in [3.05, 3.63) is 98.9 Å². The van der Waals surface area contributed by atoms with Crippen molar-refractivity contribution in [1.29, 1.82) is 0 Å². The number of halogens is 2. The summed E-state index contributed by atoms with van der Waals surface area (Å²) >= 11 is 13.0. The molecular formula is C24H16Cl2N2O4S. The monoisotopic (exact) mass is 498 g/mol. The lowest BCUT2D eigenvalue weighted by Crippen LogP contribution is -2.00. The molecule has 0 atom stereocenters. The number of aromatic nitrogens is 2. The molecule has 1 heterocycles. The second kappa shape index (κ2) is 10.6. The molecule has 1 N–H and O–H groups in total. The fourth-order valence-corrected chi connectivity index (χ4v) is 3.81. The minimum Gasteiger partial charge on any atom is -0.488 e. The molecule has 0 radical (unpaired) electrons. The van der Waals surface area contributed by atoms with Gasteiger partial charge >= 0.3 is 5.97 Å². The maximum atomic E-state index is 11.9. The number of thioether (sulfide) groups is 1. The van der Waals surface area contributed by atoms with Crippen LogP contribution < -0.4 is 4.74 Å². The summed E-state index contributed by atoms with van der Waals surface area (Å²) in [6.45, 7) is 0.244. The van der Waals surface area contributed by atoms with Crippen molar-refractivity contribution in [1.82, 2.24) is 10.2 Å². The van der Waals surface area contributed by atoms with Crippen molar-refractivity contribution in [2.45, 2.75) is 11.8 Å². The number of carboxylic acid groups (broad SMARTS) is 1. The van der Waals surface area contributed by atoms with Gasteiger partial charge in [0.2, 0.25) is 5.89 Å². The summed E-state index contributed by atoms with van der Waals surface area (Å²) in [6.07, 6.45) is 1.50. The van der Waals surface area contributed by atoms with Gasteiger partial charge in [-0.1, -0.05) is 59.6 Å². The van der Waals surface area contributed by atoms with Crippen molar-refractivity contribution in [2.24, 2.45) is 0 Å². The van der Waals surface area contributed by atoms with Crippen LogP contribution in [0, 0.1) is 0 Å². The van der Waals surface area contributed by atoms with Crippen LogP contribution in [0.2, 0.25) is 10.0 Å². The molecule has 0 unspecified atom stereocenters. The van der Waals surface area contributed by atoms with Gasteiger partial charge in [-0.3, -0.25) is 0 Å². The molecule has 3 aromatic carbocycles. The molecule has 0 fully saturated rings. The van der Waals surface area contributed by atoms with E-state index < -0.39 is 5.97 Å². The number of benzene rings is 3. The lowest BCUT2D eigenvalue weighted by atomic mass is 10.2. The van der Waals surface area contributed by atoms with E-state index in [2.05, 4.69) is 10.2 Å². The van der Waals surface area contributed by atoms with Crippen LogP contribution in [0.1, 0.15) is 11.1 Å². The van der Waals surface area contributed by atoms with Crippen LogP contribution in [0.3, 0.4) is 0 Å². The molecule has 0 aliphatic heterocycles. The van der Waals surface area contributed by atoms with Crippen LogP contribution in [-0.2, 0) is 11.4 Å². The highest BCUT2D eigenvalue weighted by Crippen LogP contribution is 2.32. The summed E-state index contributed by atoms with van der Waals surface area (Å²) in [7, 11) is 0. The smallest absolute Gasteiger partial charge is 0.342 e. The molecule has 9 heteroatoms. The minimum absolute atomic E-state index is 0.00454. The number of rotatable bonds is 8. The number of para-hydroxylation sites is 1. The Morgan fingerprint density at radius 3 is 2.48 bits per heavy atom. The molecule has 6 nitrogen and oxygen atoms in total. The molecule has 0 amide bonds. The number of carboxylic acids is 1. The summed E-state index contributed by atoms with van der Waals surface area (Å²) < 4.78 is 11.5. The number of aliphatic carboxylic acids is 1. The van der Waals surface area contributed by atoms with Gasteiger partial charge in [0.15, 0.2) is 0 Å². The van der Waals surface area contributed by atoms with Gasteiger partial charge < -0.3 is 14.3 Å². The Morgan fingerprint density at radius 2 is 1.73 bits per heavy atom. The van der Waals surface area contributed by atoms with Gasteiger partial charge in [0, 0.05) is 26.7 Å². The Bertz CT molecular complexity index is 1310. The standard InChI is InChI=1S/C24H16Cl2N2O4S/c25-18-11-9-15(10-12-18)22-27-28-24(32-22)33-21(23(29)30)13-16-5-2-4-8-20(16)31-14-17-6-1-3-7-19(17)26/h1-13H,14H2,(H,29,30)/b21-13-. The zero-order valence-corrected chi connectivity index (χ0v) is 19.3. The summed E-state index contributed by atoms with van der Waals surface area (Å²) in [6, 6.07) is 21.4. The zero-order chi connectivity index (χ0) is 23.2. The van der Waals surface area contributed by atoms with Gasteiger partial charge in [-0.25, -0.2) is 4.79 Å². The van der Waals surface area contributed by atoms with E-state index in [9.17, 15) is 9.90 Å². The molecule has 4 aromatic rings. The first-order chi connectivity index (χ1) is 16.0. The first-order valence-electron chi connectivity index (χ1n) is 9.67. The molecule has 0 spiro atoms. The van der Waals surface area contributed by atoms with E-state index in [1.54, 1.807) is 48.5 Å². The lowest BCUT2D eigenvalue weighted by Gasteiger charge is -2.11. The Balaban J connectivity index is 1.55. The third-order valence-corrected chi connectivity index (χ3v) is 5.92.